The predicted octanol–water partition coefficient (Wildman–Crippen LogP) is 1.89. The monoisotopic (exact) mass is 323 g/mol. The second-order valence-electron chi connectivity index (χ2n) is 4.92. The van der Waals surface area contributed by atoms with Crippen LogP contribution in [0.1, 0.15) is 20.8 Å². The smallest absolute Gasteiger partial charge is 0.345 e. The van der Waals surface area contributed by atoms with E-state index < -0.39 is 16.0 Å². The van der Waals surface area contributed by atoms with Crippen LogP contribution in [0.5, 0.6) is 0 Å². The lowest BCUT2D eigenvalue weighted by Crippen LogP contribution is -2.34. The molecular weight excluding hydrogens is 310 g/mol. The van der Waals surface area contributed by atoms with E-state index in [1.807, 2.05) is 24.3 Å². The molecule has 1 aliphatic rings. The molecule has 1 aromatic carbocycles. The first-order chi connectivity index (χ1) is 9.95. The van der Waals surface area contributed by atoms with Gasteiger partial charge < -0.3 is 5.11 Å². The van der Waals surface area contributed by atoms with Crippen molar-refractivity contribution in [1.82, 2.24) is 4.72 Å². The van der Waals surface area contributed by atoms with Crippen molar-refractivity contribution in [2.45, 2.75) is 23.1 Å². The third-order valence-corrected chi connectivity index (χ3v) is 6.52. The SMILES string of the molecule is O=C(O)c1ccc(S(=O)(=O)NC2Cc3ccccc3C2)s1. The summed E-state index contributed by atoms with van der Waals surface area (Å²) in [5, 5.41) is 8.86. The molecule has 1 heterocycles. The number of nitrogens with one attached hydrogen (secondary N) is 1. The highest BCUT2D eigenvalue weighted by atomic mass is 32.2. The van der Waals surface area contributed by atoms with E-state index in [-0.39, 0.29) is 15.1 Å². The number of carboxylic acids is 1. The molecule has 0 saturated heterocycles. The molecule has 0 bridgehead atoms. The number of hydrogen-bond donors (Lipinski definition) is 2. The number of aromatic carboxylic acids is 1. The van der Waals surface area contributed by atoms with E-state index in [1.54, 1.807) is 0 Å². The van der Waals surface area contributed by atoms with E-state index in [0.29, 0.717) is 12.8 Å². The van der Waals surface area contributed by atoms with Crippen molar-refractivity contribution < 1.29 is 18.3 Å². The van der Waals surface area contributed by atoms with Gasteiger partial charge in [-0.25, -0.2) is 17.9 Å². The Morgan fingerprint density at radius 2 is 1.76 bits per heavy atom. The zero-order chi connectivity index (χ0) is 15.0. The minimum absolute atomic E-state index is 0.0186. The van der Waals surface area contributed by atoms with Crippen molar-refractivity contribution in [3.05, 3.63) is 52.4 Å². The first-order valence-corrected chi connectivity index (χ1v) is 8.68. The second-order valence-corrected chi connectivity index (χ2v) is 7.94. The molecule has 0 spiro atoms. The Morgan fingerprint density at radius 3 is 2.29 bits per heavy atom. The molecule has 0 atom stereocenters. The molecule has 21 heavy (non-hydrogen) atoms. The molecule has 0 unspecified atom stereocenters. The number of carboxylic acid groups (broad SMARTS) is 1. The minimum Gasteiger partial charge on any atom is -0.477 e. The standard InChI is InChI=1S/C14H13NO4S2/c16-14(17)12-5-6-13(20-12)21(18,19)15-11-7-9-3-1-2-4-10(9)8-11/h1-6,11,15H,7-8H2,(H,16,17). The summed E-state index contributed by atoms with van der Waals surface area (Å²) in [6.07, 6.45) is 1.32. The van der Waals surface area contributed by atoms with Crippen LogP contribution in [0.2, 0.25) is 0 Å². The van der Waals surface area contributed by atoms with E-state index in [9.17, 15) is 13.2 Å². The van der Waals surface area contributed by atoms with Crippen LogP contribution in [-0.4, -0.2) is 25.5 Å². The fourth-order valence-corrected chi connectivity index (χ4v) is 4.90. The lowest BCUT2D eigenvalue weighted by Gasteiger charge is -2.11. The Kier molecular flexibility index (Phi) is 3.56. The number of benzene rings is 1. The molecule has 0 aliphatic heterocycles. The number of carbonyl (C=O) groups is 1. The molecule has 0 fully saturated rings. The number of fused-ring (bicyclic) bond motifs is 1. The van der Waals surface area contributed by atoms with E-state index in [2.05, 4.69) is 4.72 Å². The Labute approximate surface area is 126 Å². The summed E-state index contributed by atoms with van der Waals surface area (Å²) in [6.45, 7) is 0. The largest absolute Gasteiger partial charge is 0.477 e. The molecule has 7 heteroatoms. The average molecular weight is 323 g/mol. The van der Waals surface area contributed by atoms with Crippen molar-refractivity contribution in [3.8, 4) is 0 Å². The molecule has 1 aliphatic carbocycles. The van der Waals surface area contributed by atoms with Gasteiger partial charge in [-0.1, -0.05) is 24.3 Å². The quantitative estimate of drug-likeness (QED) is 0.900. The number of thiophene rings is 1. The Hall–Kier alpha value is -1.70. The van der Waals surface area contributed by atoms with Gasteiger partial charge in [0.05, 0.1) is 0 Å². The summed E-state index contributed by atoms with van der Waals surface area (Å²) in [6, 6.07) is 10.3. The zero-order valence-corrected chi connectivity index (χ0v) is 12.6. The van der Waals surface area contributed by atoms with Crippen molar-refractivity contribution in [1.29, 1.82) is 0 Å². The zero-order valence-electron chi connectivity index (χ0n) is 10.9. The van der Waals surface area contributed by atoms with Gasteiger partial charge in [0.1, 0.15) is 9.09 Å². The molecule has 0 amide bonds. The van der Waals surface area contributed by atoms with Crippen molar-refractivity contribution >= 4 is 27.3 Å². The van der Waals surface area contributed by atoms with Gasteiger partial charge in [-0.15, -0.1) is 11.3 Å². The molecule has 110 valence electrons. The molecule has 3 rings (SSSR count). The molecular formula is C14H13NO4S2. The van der Waals surface area contributed by atoms with Crippen LogP contribution >= 0.6 is 11.3 Å². The fourth-order valence-electron chi connectivity index (χ4n) is 2.50. The number of hydrogen-bond acceptors (Lipinski definition) is 4. The van der Waals surface area contributed by atoms with Gasteiger partial charge in [0.25, 0.3) is 0 Å². The average Bonchev–Trinajstić information content (AvgIpc) is 3.04. The lowest BCUT2D eigenvalue weighted by atomic mass is 10.1. The summed E-state index contributed by atoms with van der Waals surface area (Å²) < 4.78 is 27.3. The van der Waals surface area contributed by atoms with Crippen LogP contribution < -0.4 is 4.72 Å². The summed E-state index contributed by atoms with van der Waals surface area (Å²) in [4.78, 5) is 10.8. The van der Waals surface area contributed by atoms with Gasteiger partial charge >= 0.3 is 5.97 Å². The Bertz CT molecular complexity index is 770. The fraction of sp³-hybridized carbons (Fsp3) is 0.214. The van der Waals surface area contributed by atoms with E-state index in [0.717, 1.165) is 22.5 Å². The van der Waals surface area contributed by atoms with Crippen LogP contribution in [-0.2, 0) is 22.9 Å². The maximum Gasteiger partial charge on any atom is 0.345 e. The van der Waals surface area contributed by atoms with E-state index >= 15 is 0 Å². The highest BCUT2D eigenvalue weighted by molar-refractivity contribution is 7.91. The van der Waals surface area contributed by atoms with Gasteiger partial charge in [0, 0.05) is 6.04 Å². The van der Waals surface area contributed by atoms with Gasteiger partial charge in [0.2, 0.25) is 10.0 Å². The topological polar surface area (TPSA) is 83.5 Å². The molecule has 0 saturated carbocycles. The van der Waals surface area contributed by atoms with E-state index in [4.69, 9.17) is 5.11 Å². The summed E-state index contributed by atoms with van der Waals surface area (Å²) in [5.74, 6) is -1.12. The second kappa shape index (κ2) is 5.25. The van der Waals surface area contributed by atoms with Crippen LogP contribution in [0.4, 0.5) is 0 Å². The van der Waals surface area contributed by atoms with Gasteiger partial charge in [-0.3, -0.25) is 0 Å². The summed E-state index contributed by atoms with van der Waals surface area (Å²) in [5.41, 5.74) is 2.31. The summed E-state index contributed by atoms with van der Waals surface area (Å²) in [7, 11) is -3.67. The van der Waals surface area contributed by atoms with Gasteiger partial charge in [0.15, 0.2) is 0 Å². The normalized spacial score (nSPS) is 15.0. The molecule has 2 aromatic rings. The summed E-state index contributed by atoms with van der Waals surface area (Å²) >= 11 is 0.765. The first-order valence-electron chi connectivity index (χ1n) is 6.38. The maximum atomic E-state index is 12.3. The van der Waals surface area contributed by atoms with Crippen molar-refractivity contribution in [2.75, 3.05) is 0 Å². The molecule has 5 nitrogen and oxygen atoms in total. The maximum absolute atomic E-state index is 12.3. The van der Waals surface area contributed by atoms with Crippen LogP contribution in [0.3, 0.4) is 0 Å². The van der Waals surface area contributed by atoms with Crippen LogP contribution in [0.25, 0.3) is 0 Å². The van der Waals surface area contributed by atoms with Crippen LogP contribution in [0.15, 0.2) is 40.6 Å². The first kappa shape index (κ1) is 14.2. The van der Waals surface area contributed by atoms with Crippen LogP contribution in [0, 0.1) is 0 Å². The highest BCUT2D eigenvalue weighted by Gasteiger charge is 2.27. The predicted molar refractivity (Wildman–Crippen MR) is 79.2 cm³/mol. The Morgan fingerprint density at radius 1 is 1.14 bits per heavy atom. The minimum atomic E-state index is -3.67. The van der Waals surface area contributed by atoms with Crippen molar-refractivity contribution in [2.24, 2.45) is 0 Å². The van der Waals surface area contributed by atoms with Gasteiger partial charge in [-0.05, 0) is 36.1 Å². The van der Waals surface area contributed by atoms with Gasteiger partial charge in [-0.2, -0.15) is 0 Å². The number of sulfonamides is 1. The third-order valence-electron chi connectivity index (χ3n) is 3.43. The third kappa shape index (κ3) is 2.85. The lowest BCUT2D eigenvalue weighted by molar-refractivity contribution is 0.0702. The number of rotatable bonds is 4. The van der Waals surface area contributed by atoms with E-state index in [1.165, 1.54) is 12.1 Å². The molecule has 1 aromatic heterocycles. The highest BCUT2D eigenvalue weighted by Crippen LogP contribution is 2.25. The molecule has 2 N–H and O–H groups in total. The molecule has 0 radical (unpaired) electrons. The van der Waals surface area contributed by atoms with Crippen molar-refractivity contribution in [3.63, 3.8) is 0 Å². The Balaban J connectivity index is 1.77.